The average molecular weight is 265 g/mol. The lowest BCUT2D eigenvalue weighted by molar-refractivity contribution is 0.607. The van der Waals surface area contributed by atoms with Crippen molar-refractivity contribution in [3.63, 3.8) is 0 Å². The summed E-state index contributed by atoms with van der Waals surface area (Å²) in [5.74, 6) is 0. The van der Waals surface area contributed by atoms with Crippen LogP contribution in [-0.2, 0) is 30.4 Å². The lowest BCUT2D eigenvalue weighted by Crippen LogP contribution is -1.86. The van der Waals surface area contributed by atoms with Crippen LogP contribution in [-0.4, -0.2) is 54.4 Å². The molecule has 0 amide bonds. The van der Waals surface area contributed by atoms with Crippen molar-refractivity contribution >= 4 is 30.4 Å². The van der Waals surface area contributed by atoms with Crippen molar-refractivity contribution in [1.29, 1.82) is 4.78 Å². The molecule has 0 aromatic carbocycles. The van der Waals surface area contributed by atoms with Gasteiger partial charge in [-0.2, -0.15) is 0 Å². The van der Waals surface area contributed by atoms with Gasteiger partial charge < -0.3 is 0 Å². The topological polar surface area (TPSA) is 92.1 Å². The molecule has 0 saturated heterocycles. The van der Waals surface area contributed by atoms with Gasteiger partial charge in [-0.3, -0.25) is 13.2 Å². The summed E-state index contributed by atoms with van der Waals surface area (Å²) in [6.45, 7) is 0. The SMILES string of the molecule is CS(C)(=N)=O.CS(C)(=O)=O.CS(C)=O. The highest BCUT2D eigenvalue weighted by Crippen LogP contribution is 1.65. The third-order valence-electron chi connectivity index (χ3n) is 0. The van der Waals surface area contributed by atoms with E-state index in [1.807, 2.05) is 0 Å². The lowest BCUT2D eigenvalue weighted by atomic mass is 11.9. The maximum atomic E-state index is 9.85. The molecule has 0 aliphatic carbocycles. The van der Waals surface area contributed by atoms with Crippen LogP contribution in [0.5, 0.6) is 0 Å². The molecule has 14 heavy (non-hydrogen) atoms. The summed E-state index contributed by atoms with van der Waals surface area (Å²) < 4.78 is 45.1. The van der Waals surface area contributed by atoms with Crippen molar-refractivity contribution < 1.29 is 16.8 Å². The van der Waals surface area contributed by atoms with Crippen LogP contribution in [0.2, 0.25) is 0 Å². The van der Waals surface area contributed by atoms with Crippen molar-refractivity contribution in [2.24, 2.45) is 0 Å². The quantitative estimate of drug-likeness (QED) is 0.664. The Hall–Kier alpha value is 0.0500. The Balaban J connectivity index is -0.000000131. The monoisotopic (exact) mass is 265 g/mol. The minimum Gasteiger partial charge on any atom is -0.260 e. The van der Waals surface area contributed by atoms with Crippen LogP contribution < -0.4 is 0 Å². The number of sulfone groups is 1. The molecule has 0 rings (SSSR count). The normalized spacial score (nSPS) is 10.8. The van der Waals surface area contributed by atoms with Gasteiger partial charge in [-0.15, -0.1) is 0 Å². The summed E-state index contributed by atoms with van der Waals surface area (Å²) in [6.07, 6.45) is 8.36. The summed E-state index contributed by atoms with van der Waals surface area (Å²) in [5.41, 5.74) is 0. The fraction of sp³-hybridized carbons (Fsp3) is 1.00. The van der Waals surface area contributed by atoms with Crippen LogP contribution in [0.1, 0.15) is 0 Å². The first-order chi connectivity index (χ1) is 5.73. The van der Waals surface area contributed by atoms with E-state index in [0.717, 1.165) is 12.5 Å². The Morgan fingerprint density at radius 3 is 0.929 bits per heavy atom. The molecule has 0 aliphatic rings. The van der Waals surface area contributed by atoms with E-state index >= 15 is 0 Å². The second kappa shape index (κ2) is 8.37. The van der Waals surface area contributed by atoms with Crippen LogP contribution in [0.15, 0.2) is 0 Å². The van der Waals surface area contributed by atoms with Gasteiger partial charge in [0.05, 0.1) is 0 Å². The van der Waals surface area contributed by atoms with E-state index in [0.29, 0.717) is 0 Å². The van der Waals surface area contributed by atoms with E-state index in [1.54, 1.807) is 12.5 Å². The molecule has 0 saturated carbocycles. The van der Waals surface area contributed by atoms with Gasteiger partial charge in [0.25, 0.3) is 0 Å². The number of hydrogen-bond donors (Lipinski definition) is 1. The third kappa shape index (κ3) is 589000. The molecule has 0 radical (unpaired) electrons. The molecule has 0 unspecified atom stereocenters. The second-order valence-corrected chi connectivity index (χ2v) is 9.35. The van der Waals surface area contributed by atoms with Crippen molar-refractivity contribution in [2.75, 3.05) is 37.5 Å². The highest BCUT2D eigenvalue weighted by molar-refractivity contribution is 7.91. The number of rotatable bonds is 0. The standard InChI is InChI=1S/C2H7NOS.C2H6O2S.C2H6OS/c2*1-5(2,3)4;1-4(2)3/h3H,1-2H3;1-2H3;1-2H3. The van der Waals surface area contributed by atoms with E-state index in [4.69, 9.17) is 4.78 Å². The zero-order chi connectivity index (χ0) is 12.6. The van der Waals surface area contributed by atoms with Crippen LogP contribution in [0.3, 0.4) is 0 Å². The van der Waals surface area contributed by atoms with E-state index in [2.05, 4.69) is 0 Å². The fourth-order valence-corrected chi connectivity index (χ4v) is 0. The summed E-state index contributed by atoms with van der Waals surface area (Å²) in [5, 5.41) is 0. The van der Waals surface area contributed by atoms with Crippen LogP contribution in [0.4, 0.5) is 0 Å². The lowest BCUT2D eigenvalue weighted by Gasteiger charge is -1.75. The Labute approximate surface area is 89.6 Å². The van der Waals surface area contributed by atoms with Gasteiger partial charge in [0, 0.05) is 58.1 Å². The minimum absolute atomic E-state index is 0.611. The van der Waals surface area contributed by atoms with Gasteiger partial charge in [-0.05, 0) is 0 Å². The Bertz CT molecular complexity index is 291. The smallest absolute Gasteiger partial charge is 0.144 e. The molecule has 0 spiro atoms. The van der Waals surface area contributed by atoms with Gasteiger partial charge in [0.2, 0.25) is 0 Å². The molecule has 8 heteroatoms. The van der Waals surface area contributed by atoms with E-state index in [9.17, 15) is 16.8 Å². The first-order valence-electron chi connectivity index (χ1n) is 3.32. The van der Waals surface area contributed by atoms with Crippen molar-refractivity contribution in [1.82, 2.24) is 0 Å². The number of nitrogens with one attached hydrogen (secondary N) is 1. The Morgan fingerprint density at radius 2 is 0.929 bits per heavy atom. The first kappa shape index (κ1) is 19.6. The molecule has 90 valence electrons. The predicted octanol–water partition coefficient (Wildman–Crippen LogP) is -0.0517. The van der Waals surface area contributed by atoms with Crippen molar-refractivity contribution in [2.45, 2.75) is 0 Å². The van der Waals surface area contributed by atoms with Crippen LogP contribution in [0.25, 0.3) is 0 Å². The van der Waals surface area contributed by atoms with Gasteiger partial charge in [0.15, 0.2) is 0 Å². The molecular formula is C6H19NO4S3. The summed E-state index contributed by atoms with van der Waals surface area (Å²) >= 11 is 0. The predicted molar refractivity (Wildman–Crippen MR) is 63.5 cm³/mol. The van der Waals surface area contributed by atoms with E-state index < -0.39 is 30.4 Å². The molecule has 0 aliphatic heterocycles. The van der Waals surface area contributed by atoms with Crippen LogP contribution in [0, 0.1) is 4.78 Å². The fourth-order valence-electron chi connectivity index (χ4n) is 0. The largest absolute Gasteiger partial charge is 0.260 e. The molecule has 1 N–H and O–H groups in total. The molecule has 0 heterocycles. The van der Waals surface area contributed by atoms with Crippen molar-refractivity contribution in [3.05, 3.63) is 0 Å². The van der Waals surface area contributed by atoms with Gasteiger partial charge in [-0.1, -0.05) is 0 Å². The molecule has 0 aromatic rings. The molecular weight excluding hydrogens is 246 g/mol. The maximum absolute atomic E-state index is 9.85. The summed E-state index contributed by atoms with van der Waals surface area (Å²) in [4.78, 5) is 0. The minimum atomic E-state index is -2.67. The molecule has 0 fully saturated rings. The van der Waals surface area contributed by atoms with E-state index in [1.165, 1.54) is 12.5 Å². The average Bonchev–Trinajstić information content (AvgIpc) is 1.45. The highest BCUT2D eigenvalue weighted by Gasteiger charge is 1.79. The molecule has 0 bridgehead atoms. The summed E-state index contributed by atoms with van der Waals surface area (Å²) in [7, 11) is -5.44. The second-order valence-electron chi connectivity index (χ2n) is 3.12. The maximum Gasteiger partial charge on any atom is 0.144 e. The molecule has 0 aromatic heterocycles. The van der Waals surface area contributed by atoms with E-state index in [-0.39, 0.29) is 0 Å². The highest BCUT2D eigenvalue weighted by atomic mass is 32.2. The molecule has 5 nitrogen and oxygen atoms in total. The van der Waals surface area contributed by atoms with Crippen LogP contribution >= 0.6 is 0 Å². The van der Waals surface area contributed by atoms with Crippen molar-refractivity contribution in [3.8, 4) is 0 Å². The van der Waals surface area contributed by atoms with Gasteiger partial charge >= 0.3 is 0 Å². The molecule has 0 atom stereocenters. The first-order valence-corrected chi connectivity index (χ1v) is 9.96. The van der Waals surface area contributed by atoms with Gasteiger partial charge in [-0.25, -0.2) is 8.42 Å². The zero-order valence-electron chi connectivity index (χ0n) is 9.36. The Morgan fingerprint density at radius 1 is 0.929 bits per heavy atom. The Kier molecular flexibility index (Phi) is 11.7. The zero-order valence-corrected chi connectivity index (χ0v) is 11.8. The third-order valence-corrected chi connectivity index (χ3v) is 0. The van der Waals surface area contributed by atoms with Gasteiger partial charge in [0.1, 0.15) is 9.84 Å². The number of hydrogen-bond acceptors (Lipinski definition) is 5. The summed E-state index contributed by atoms with van der Waals surface area (Å²) in [6, 6.07) is 0.